The van der Waals surface area contributed by atoms with E-state index < -0.39 is 0 Å². The average molecular weight is 273 g/mol. The summed E-state index contributed by atoms with van der Waals surface area (Å²) in [6, 6.07) is 11.4. The van der Waals surface area contributed by atoms with Gasteiger partial charge in [-0.1, -0.05) is 82.2 Å². The van der Waals surface area contributed by atoms with Crippen molar-refractivity contribution in [1.29, 1.82) is 0 Å². The summed E-state index contributed by atoms with van der Waals surface area (Å²) in [7, 11) is 0. The van der Waals surface area contributed by atoms with Crippen LogP contribution in [0.2, 0.25) is 0 Å². The maximum absolute atomic E-state index is 6.66. The van der Waals surface area contributed by atoms with Crippen molar-refractivity contribution in [3.63, 3.8) is 0 Å². The lowest BCUT2D eigenvalue weighted by molar-refractivity contribution is 0.325. The molecule has 2 N–H and O–H groups in total. The molecule has 0 bridgehead atoms. The second-order valence-electron chi connectivity index (χ2n) is 6.54. The third-order valence-corrected chi connectivity index (χ3v) is 5.17. The third-order valence-electron chi connectivity index (χ3n) is 5.17. The van der Waals surface area contributed by atoms with Crippen molar-refractivity contribution < 1.29 is 0 Å². The average Bonchev–Trinajstić information content (AvgIpc) is 2.99. The molecule has 1 atom stereocenters. The Kier molecular flexibility index (Phi) is 6.09. The summed E-state index contributed by atoms with van der Waals surface area (Å²) in [5, 5.41) is 0. The van der Waals surface area contributed by atoms with E-state index in [0.29, 0.717) is 6.04 Å². The number of hydrogen-bond donors (Lipinski definition) is 1. The van der Waals surface area contributed by atoms with Gasteiger partial charge in [-0.05, 0) is 24.8 Å². The van der Waals surface area contributed by atoms with Gasteiger partial charge in [0, 0.05) is 11.5 Å². The van der Waals surface area contributed by atoms with Crippen molar-refractivity contribution in [3.05, 3.63) is 35.9 Å². The zero-order valence-corrected chi connectivity index (χ0v) is 13.1. The second kappa shape index (κ2) is 7.83. The number of hydrogen-bond acceptors (Lipinski definition) is 1. The Bertz CT molecular complexity index is 365. The fourth-order valence-corrected chi connectivity index (χ4v) is 3.89. The van der Waals surface area contributed by atoms with Gasteiger partial charge < -0.3 is 5.73 Å². The lowest BCUT2D eigenvalue weighted by atomic mass is 9.71. The minimum atomic E-state index is 0.270. The molecule has 0 spiro atoms. The highest BCUT2D eigenvalue weighted by molar-refractivity contribution is 5.29. The quantitative estimate of drug-likeness (QED) is 0.648. The highest BCUT2D eigenvalue weighted by Gasteiger charge is 2.40. The molecule has 1 aliphatic rings. The van der Waals surface area contributed by atoms with Crippen molar-refractivity contribution in [2.45, 2.75) is 82.6 Å². The molecule has 1 aromatic carbocycles. The summed E-state index contributed by atoms with van der Waals surface area (Å²) >= 11 is 0. The molecule has 1 unspecified atom stereocenters. The largest absolute Gasteiger partial charge is 0.327 e. The first-order valence-corrected chi connectivity index (χ1v) is 8.61. The lowest BCUT2D eigenvalue weighted by Crippen LogP contribution is -2.43. The third kappa shape index (κ3) is 3.63. The van der Waals surface area contributed by atoms with Crippen LogP contribution in [0.5, 0.6) is 0 Å². The first kappa shape index (κ1) is 15.6. The van der Waals surface area contributed by atoms with Gasteiger partial charge >= 0.3 is 0 Å². The topological polar surface area (TPSA) is 26.0 Å². The molecule has 1 aromatic rings. The van der Waals surface area contributed by atoms with E-state index >= 15 is 0 Å². The van der Waals surface area contributed by atoms with E-state index in [1.54, 1.807) is 0 Å². The molecule has 0 aliphatic heterocycles. The highest BCUT2D eigenvalue weighted by Crippen LogP contribution is 2.44. The maximum Gasteiger partial charge on any atom is 0.0136 e. The molecule has 2 rings (SSSR count). The number of benzene rings is 1. The molecule has 0 heterocycles. The summed E-state index contributed by atoms with van der Waals surface area (Å²) in [6.07, 6.45) is 13.2. The van der Waals surface area contributed by atoms with Crippen LogP contribution >= 0.6 is 0 Å². The fourth-order valence-electron chi connectivity index (χ4n) is 3.89. The predicted molar refractivity (Wildman–Crippen MR) is 87.9 cm³/mol. The van der Waals surface area contributed by atoms with E-state index in [2.05, 4.69) is 37.3 Å². The Morgan fingerprint density at radius 3 is 2.30 bits per heavy atom. The van der Waals surface area contributed by atoms with Crippen LogP contribution in [0.25, 0.3) is 0 Å². The molecule has 1 fully saturated rings. The second-order valence-corrected chi connectivity index (χ2v) is 6.54. The molecular weight excluding hydrogens is 242 g/mol. The summed E-state index contributed by atoms with van der Waals surface area (Å²) in [5.41, 5.74) is 8.42. The van der Waals surface area contributed by atoms with Crippen molar-refractivity contribution >= 4 is 0 Å². The van der Waals surface area contributed by atoms with Gasteiger partial charge in [0.1, 0.15) is 0 Å². The molecule has 0 aromatic heterocycles. The van der Waals surface area contributed by atoms with Gasteiger partial charge in [-0.15, -0.1) is 0 Å². The van der Waals surface area contributed by atoms with E-state index in [1.165, 1.54) is 69.8 Å². The van der Waals surface area contributed by atoms with E-state index in [-0.39, 0.29) is 5.41 Å². The van der Waals surface area contributed by atoms with E-state index in [0.717, 1.165) is 0 Å². The van der Waals surface area contributed by atoms with E-state index in [4.69, 9.17) is 5.73 Å². The molecule has 20 heavy (non-hydrogen) atoms. The predicted octanol–water partition coefficient (Wildman–Crippen LogP) is 5.19. The van der Waals surface area contributed by atoms with Gasteiger partial charge in [-0.2, -0.15) is 0 Å². The molecule has 1 heteroatoms. The first-order chi connectivity index (χ1) is 9.79. The molecule has 0 radical (unpaired) electrons. The Labute approximate surface area is 125 Å². The van der Waals surface area contributed by atoms with Crippen molar-refractivity contribution in [2.75, 3.05) is 0 Å². The van der Waals surface area contributed by atoms with Gasteiger partial charge in [0.25, 0.3) is 0 Å². The molecule has 1 aliphatic carbocycles. The zero-order chi connectivity index (χ0) is 14.3. The normalized spacial score (nSPS) is 19.1. The smallest absolute Gasteiger partial charge is 0.0136 e. The van der Waals surface area contributed by atoms with Gasteiger partial charge in [-0.25, -0.2) is 0 Å². The maximum atomic E-state index is 6.66. The van der Waals surface area contributed by atoms with Gasteiger partial charge in [0.2, 0.25) is 0 Å². The Balaban J connectivity index is 1.94. The number of unbranched alkanes of at least 4 members (excludes halogenated alkanes) is 4. The number of nitrogens with two attached hydrogens (primary N) is 1. The molecule has 112 valence electrons. The Morgan fingerprint density at radius 1 is 1.00 bits per heavy atom. The lowest BCUT2D eigenvalue weighted by Gasteiger charge is -2.36. The Hall–Kier alpha value is -0.820. The van der Waals surface area contributed by atoms with Crippen LogP contribution in [0.15, 0.2) is 30.3 Å². The van der Waals surface area contributed by atoms with Crippen LogP contribution in [0.4, 0.5) is 0 Å². The van der Waals surface area contributed by atoms with Crippen molar-refractivity contribution in [2.24, 2.45) is 5.73 Å². The summed E-state index contributed by atoms with van der Waals surface area (Å²) in [4.78, 5) is 0. The van der Waals surface area contributed by atoms with Crippen LogP contribution in [-0.4, -0.2) is 6.04 Å². The fraction of sp³-hybridized carbons (Fsp3) is 0.684. The van der Waals surface area contributed by atoms with Crippen molar-refractivity contribution in [3.8, 4) is 0 Å². The van der Waals surface area contributed by atoms with Crippen LogP contribution in [0.3, 0.4) is 0 Å². The zero-order valence-electron chi connectivity index (χ0n) is 13.1. The monoisotopic (exact) mass is 273 g/mol. The van der Waals surface area contributed by atoms with E-state index in [9.17, 15) is 0 Å². The standard InChI is InChI=1S/C19H31N/c1-2-3-4-5-9-14-18(20)19(15-10-11-16-19)17-12-7-6-8-13-17/h6-8,12-13,18H,2-5,9-11,14-16,20H2,1H3. The number of rotatable bonds is 8. The summed E-state index contributed by atoms with van der Waals surface area (Å²) in [5.74, 6) is 0. The first-order valence-electron chi connectivity index (χ1n) is 8.61. The SMILES string of the molecule is CCCCCCCC(N)C1(c2ccccc2)CCCC1. The van der Waals surface area contributed by atoms with Crippen LogP contribution in [-0.2, 0) is 5.41 Å². The summed E-state index contributed by atoms with van der Waals surface area (Å²) < 4.78 is 0. The summed E-state index contributed by atoms with van der Waals surface area (Å²) in [6.45, 7) is 2.27. The van der Waals surface area contributed by atoms with Gasteiger partial charge in [-0.3, -0.25) is 0 Å². The van der Waals surface area contributed by atoms with Crippen LogP contribution < -0.4 is 5.73 Å². The highest BCUT2D eigenvalue weighted by atomic mass is 14.7. The minimum absolute atomic E-state index is 0.270. The van der Waals surface area contributed by atoms with Crippen LogP contribution in [0.1, 0.15) is 76.7 Å². The Morgan fingerprint density at radius 2 is 1.65 bits per heavy atom. The molecule has 1 saturated carbocycles. The molecule has 0 saturated heterocycles. The van der Waals surface area contributed by atoms with Crippen molar-refractivity contribution in [1.82, 2.24) is 0 Å². The minimum Gasteiger partial charge on any atom is -0.327 e. The van der Waals surface area contributed by atoms with Crippen LogP contribution in [0, 0.1) is 0 Å². The van der Waals surface area contributed by atoms with Gasteiger partial charge in [0.05, 0.1) is 0 Å². The molecule has 1 nitrogen and oxygen atoms in total. The van der Waals surface area contributed by atoms with Gasteiger partial charge in [0.15, 0.2) is 0 Å². The van der Waals surface area contributed by atoms with E-state index in [1.807, 2.05) is 0 Å². The molecular formula is C19H31N. The molecule has 0 amide bonds.